The van der Waals surface area contributed by atoms with Crippen LogP contribution < -0.4 is 5.32 Å². The number of benzene rings is 1. The van der Waals surface area contributed by atoms with Crippen LogP contribution in [-0.4, -0.2) is 21.3 Å². The first-order valence-electron chi connectivity index (χ1n) is 10.9. The summed E-state index contributed by atoms with van der Waals surface area (Å²) in [6.07, 6.45) is 8.96. The third-order valence-corrected chi connectivity index (χ3v) is 8.00. The van der Waals surface area contributed by atoms with Gasteiger partial charge in [-0.05, 0) is 55.9 Å². The van der Waals surface area contributed by atoms with Gasteiger partial charge in [0, 0.05) is 28.9 Å². The van der Waals surface area contributed by atoms with Crippen LogP contribution in [0.4, 0.5) is 0 Å². The number of aryl methyl sites for hydroxylation is 1. The second-order valence-corrected chi connectivity index (χ2v) is 9.76. The lowest BCUT2D eigenvalue weighted by molar-refractivity contribution is -0.121. The molecule has 1 aromatic carbocycles. The maximum Gasteiger partial charge on any atom is 0.226 e. The lowest BCUT2D eigenvalue weighted by Gasteiger charge is -2.28. The third kappa shape index (κ3) is 3.61. The minimum Gasteiger partial charge on any atom is -0.353 e. The van der Waals surface area contributed by atoms with Crippen molar-refractivity contribution in [3.63, 3.8) is 0 Å². The largest absolute Gasteiger partial charge is 0.353 e. The van der Waals surface area contributed by atoms with E-state index in [1.165, 1.54) is 31.2 Å². The molecule has 2 fully saturated rings. The summed E-state index contributed by atoms with van der Waals surface area (Å²) >= 11 is 1.60. The van der Waals surface area contributed by atoms with E-state index >= 15 is 0 Å². The van der Waals surface area contributed by atoms with E-state index in [2.05, 4.69) is 59.4 Å². The number of fused-ring (bicyclic) bond motifs is 3. The Morgan fingerprint density at radius 1 is 1.28 bits per heavy atom. The van der Waals surface area contributed by atoms with Crippen molar-refractivity contribution >= 4 is 22.2 Å². The van der Waals surface area contributed by atoms with Gasteiger partial charge < -0.3 is 5.32 Å². The van der Waals surface area contributed by atoms with Gasteiger partial charge in [0.1, 0.15) is 0 Å². The molecule has 0 spiro atoms. The van der Waals surface area contributed by atoms with E-state index < -0.39 is 0 Å². The normalized spacial score (nSPS) is 24.3. The van der Waals surface area contributed by atoms with E-state index in [9.17, 15) is 4.79 Å². The molecule has 0 aliphatic heterocycles. The first-order valence-corrected chi connectivity index (χ1v) is 11.8. The summed E-state index contributed by atoms with van der Waals surface area (Å²) in [5.41, 5.74) is 4.44. The van der Waals surface area contributed by atoms with Gasteiger partial charge in [0.05, 0.1) is 12.1 Å². The predicted octanol–water partition coefficient (Wildman–Crippen LogP) is 5.11. The fourth-order valence-corrected chi connectivity index (χ4v) is 6.36. The quantitative estimate of drug-likeness (QED) is 0.617. The molecule has 152 valence electrons. The van der Waals surface area contributed by atoms with E-state index in [0.29, 0.717) is 12.3 Å². The molecular weight excluding hydrogens is 378 g/mol. The van der Waals surface area contributed by atoms with E-state index in [4.69, 9.17) is 4.98 Å². The highest BCUT2D eigenvalue weighted by Crippen LogP contribution is 2.49. The van der Waals surface area contributed by atoms with Crippen LogP contribution in [0.3, 0.4) is 0 Å². The van der Waals surface area contributed by atoms with E-state index in [1.54, 1.807) is 11.3 Å². The molecule has 4 unspecified atom stereocenters. The number of aromatic nitrogens is 2. The molecule has 2 heterocycles. The number of thiazole rings is 1. The van der Waals surface area contributed by atoms with Crippen LogP contribution in [-0.2, 0) is 17.6 Å². The summed E-state index contributed by atoms with van der Waals surface area (Å²) in [5.74, 6) is 2.55. The maximum absolute atomic E-state index is 12.7. The average Bonchev–Trinajstić information content (AvgIpc) is 3.50. The minimum atomic E-state index is 0.127. The SMILES string of the molecule is CCc1ccc(-c2cn3c(CC(=O)NC(C)C4CC5CCC4C5)csc3n2)cc1. The number of imidazole rings is 1. The van der Waals surface area contributed by atoms with Gasteiger partial charge in [0.25, 0.3) is 0 Å². The van der Waals surface area contributed by atoms with Crippen molar-refractivity contribution in [2.24, 2.45) is 17.8 Å². The fourth-order valence-electron chi connectivity index (χ4n) is 5.49. The molecule has 5 heteroatoms. The number of hydrogen-bond acceptors (Lipinski definition) is 3. The van der Waals surface area contributed by atoms with Gasteiger partial charge >= 0.3 is 0 Å². The Balaban J connectivity index is 1.27. The number of carbonyl (C=O) groups is 1. The van der Waals surface area contributed by atoms with Crippen molar-refractivity contribution in [2.75, 3.05) is 0 Å². The summed E-state index contributed by atoms with van der Waals surface area (Å²) in [4.78, 5) is 18.4. The van der Waals surface area contributed by atoms with Gasteiger partial charge in [-0.2, -0.15) is 0 Å². The van der Waals surface area contributed by atoms with Gasteiger partial charge in [-0.3, -0.25) is 9.20 Å². The number of carbonyl (C=O) groups excluding carboxylic acids is 1. The Morgan fingerprint density at radius 3 is 2.79 bits per heavy atom. The number of amides is 1. The molecule has 2 saturated carbocycles. The number of rotatable bonds is 6. The van der Waals surface area contributed by atoms with Crippen LogP contribution in [0, 0.1) is 17.8 Å². The van der Waals surface area contributed by atoms with E-state index in [0.717, 1.165) is 40.2 Å². The molecule has 0 radical (unpaired) electrons. The molecule has 2 aromatic heterocycles. The zero-order valence-corrected chi connectivity index (χ0v) is 18.0. The zero-order chi connectivity index (χ0) is 20.0. The monoisotopic (exact) mass is 407 g/mol. The van der Waals surface area contributed by atoms with Crippen LogP contribution in [0.25, 0.3) is 16.2 Å². The molecule has 5 rings (SSSR count). The standard InChI is InChI=1S/C24H29N3OS/c1-3-16-4-7-18(8-5-16)22-13-27-20(14-29-24(27)26-22)12-23(28)25-15(2)21-11-17-6-9-19(21)10-17/h4-5,7-8,13-15,17,19,21H,3,6,9-12H2,1-2H3,(H,25,28). The second kappa shape index (κ2) is 7.60. The van der Waals surface area contributed by atoms with Gasteiger partial charge in [-0.25, -0.2) is 4.98 Å². The van der Waals surface area contributed by atoms with Crippen molar-refractivity contribution in [1.29, 1.82) is 0 Å². The average molecular weight is 408 g/mol. The zero-order valence-electron chi connectivity index (χ0n) is 17.2. The van der Waals surface area contributed by atoms with Crippen LogP contribution in [0.1, 0.15) is 50.8 Å². The highest BCUT2D eigenvalue weighted by Gasteiger charge is 2.42. The molecule has 3 aromatic rings. The Morgan fingerprint density at radius 2 is 2.10 bits per heavy atom. The first kappa shape index (κ1) is 18.9. The Kier molecular flexibility index (Phi) is 4.94. The Hall–Kier alpha value is -2.14. The maximum atomic E-state index is 12.7. The highest BCUT2D eigenvalue weighted by molar-refractivity contribution is 7.15. The molecule has 0 saturated heterocycles. The molecule has 2 bridgehead atoms. The number of nitrogens with zero attached hydrogens (tertiary/aromatic N) is 2. The van der Waals surface area contributed by atoms with Crippen LogP contribution in [0.5, 0.6) is 0 Å². The predicted molar refractivity (Wildman–Crippen MR) is 118 cm³/mol. The minimum absolute atomic E-state index is 0.127. The highest BCUT2D eigenvalue weighted by atomic mass is 32.1. The fraction of sp³-hybridized carbons (Fsp3) is 0.500. The number of hydrogen-bond donors (Lipinski definition) is 1. The van der Waals surface area contributed by atoms with Crippen LogP contribution in [0.2, 0.25) is 0 Å². The van der Waals surface area contributed by atoms with Gasteiger partial charge in [-0.15, -0.1) is 11.3 Å². The third-order valence-electron chi connectivity index (χ3n) is 7.11. The summed E-state index contributed by atoms with van der Waals surface area (Å²) in [5, 5.41) is 5.36. The summed E-state index contributed by atoms with van der Waals surface area (Å²) in [6.45, 7) is 4.36. The Labute approximate surface area is 176 Å². The summed E-state index contributed by atoms with van der Waals surface area (Å²) in [6, 6.07) is 8.87. The molecule has 1 N–H and O–H groups in total. The lowest BCUT2D eigenvalue weighted by Crippen LogP contribution is -2.40. The van der Waals surface area contributed by atoms with Crippen molar-refractivity contribution in [3.05, 3.63) is 47.1 Å². The summed E-state index contributed by atoms with van der Waals surface area (Å²) < 4.78 is 2.08. The van der Waals surface area contributed by atoms with Crippen molar-refractivity contribution < 1.29 is 4.79 Å². The van der Waals surface area contributed by atoms with Crippen molar-refractivity contribution in [2.45, 2.75) is 58.4 Å². The lowest BCUT2D eigenvalue weighted by atomic mass is 9.84. The van der Waals surface area contributed by atoms with E-state index in [1.807, 2.05) is 0 Å². The van der Waals surface area contributed by atoms with Crippen LogP contribution in [0.15, 0.2) is 35.8 Å². The summed E-state index contributed by atoms with van der Waals surface area (Å²) in [7, 11) is 0. The number of nitrogens with one attached hydrogen (secondary N) is 1. The first-order chi connectivity index (χ1) is 14.1. The molecule has 4 atom stereocenters. The van der Waals surface area contributed by atoms with Crippen LogP contribution >= 0.6 is 11.3 Å². The molecule has 4 nitrogen and oxygen atoms in total. The molecule has 1 amide bonds. The van der Waals surface area contributed by atoms with E-state index in [-0.39, 0.29) is 11.9 Å². The topological polar surface area (TPSA) is 46.4 Å². The van der Waals surface area contributed by atoms with Gasteiger partial charge in [0.2, 0.25) is 5.91 Å². The molecular formula is C24H29N3OS. The van der Waals surface area contributed by atoms with Crippen molar-refractivity contribution in [3.8, 4) is 11.3 Å². The Bertz CT molecular complexity index is 1020. The van der Waals surface area contributed by atoms with Gasteiger partial charge in [-0.1, -0.05) is 37.6 Å². The molecule has 29 heavy (non-hydrogen) atoms. The second-order valence-electron chi connectivity index (χ2n) is 8.93. The van der Waals surface area contributed by atoms with Gasteiger partial charge in [0.15, 0.2) is 4.96 Å². The molecule has 2 aliphatic carbocycles. The molecule has 2 aliphatic rings. The smallest absolute Gasteiger partial charge is 0.226 e. The van der Waals surface area contributed by atoms with Crippen molar-refractivity contribution in [1.82, 2.24) is 14.7 Å².